The minimum Gasteiger partial charge on any atom is -0.481 e. The summed E-state index contributed by atoms with van der Waals surface area (Å²) in [5.41, 5.74) is -0.614. The van der Waals surface area contributed by atoms with E-state index in [2.05, 4.69) is 16.0 Å². The van der Waals surface area contributed by atoms with Gasteiger partial charge in [0.2, 0.25) is 11.8 Å². The van der Waals surface area contributed by atoms with Crippen LogP contribution in [0.4, 0.5) is 4.79 Å². The average Bonchev–Trinajstić information content (AvgIpc) is 2.78. The van der Waals surface area contributed by atoms with Gasteiger partial charge in [0.15, 0.2) is 0 Å². The highest BCUT2D eigenvalue weighted by Crippen LogP contribution is 2.30. The van der Waals surface area contributed by atoms with E-state index >= 15 is 0 Å². The molecule has 198 valence electrons. The molecule has 0 aromatic carbocycles. The van der Waals surface area contributed by atoms with Crippen molar-refractivity contribution in [2.24, 2.45) is 17.8 Å². The summed E-state index contributed by atoms with van der Waals surface area (Å²) >= 11 is 0. The molecule has 3 aliphatic rings. The highest BCUT2D eigenvalue weighted by molar-refractivity contribution is 5.84. The van der Waals surface area contributed by atoms with Gasteiger partial charge in [-0.25, -0.2) is 4.79 Å². The van der Waals surface area contributed by atoms with Gasteiger partial charge in [-0.15, -0.1) is 0 Å². The van der Waals surface area contributed by atoms with Gasteiger partial charge in [0, 0.05) is 18.1 Å². The molecule has 0 aromatic heterocycles. The molecular weight excluding hydrogens is 450 g/mol. The third kappa shape index (κ3) is 7.84. The molecule has 4 N–H and O–H groups in total. The number of carboxylic acids is 1. The molecule has 3 aliphatic carbocycles. The summed E-state index contributed by atoms with van der Waals surface area (Å²) in [5, 5.41) is 18.6. The number of carboxylic acid groups (broad SMARTS) is 1. The molecule has 0 spiro atoms. The van der Waals surface area contributed by atoms with Crippen LogP contribution in [0.25, 0.3) is 0 Å². The maximum Gasteiger partial charge on any atom is 0.407 e. The second-order valence-corrected chi connectivity index (χ2v) is 11.5. The number of carbonyl (C=O) groups is 4. The Morgan fingerprint density at radius 1 is 0.629 bits per heavy atom. The number of hydrogen-bond acceptors (Lipinski definition) is 5. The first-order valence-corrected chi connectivity index (χ1v) is 13.4. The van der Waals surface area contributed by atoms with Gasteiger partial charge < -0.3 is 25.8 Å². The number of alkyl carbamates (subject to hydrolysis) is 1. The highest BCUT2D eigenvalue weighted by Gasteiger charge is 2.39. The van der Waals surface area contributed by atoms with Crippen molar-refractivity contribution in [3.05, 3.63) is 0 Å². The van der Waals surface area contributed by atoms with Gasteiger partial charge in [-0.1, -0.05) is 38.5 Å². The van der Waals surface area contributed by atoms with Gasteiger partial charge in [0.05, 0.1) is 17.8 Å². The molecule has 3 amide bonds. The number of nitrogens with one attached hydrogen (secondary N) is 3. The average molecular weight is 494 g/mol. The van der Waals surface area contributed by atoms with Gasteiger partial charge in [0.25, 0.3) is 0 Å². The molecule has 3 saturated carbocycles. The third-order valence-corrected chi connectivity index (χ3v) is 7.65. The minimum absolute atomic E-state index is 0.128. The zero-order valence-electron chi connectivity index (χ0n) is 21.4. The van der Waals surface area contributed by atoms with Crippen molar-refractivity contribution < 1.29 is 29.0 Å². The van der Waals surface area contributed by atoms with Crippen molar-refractivity contribution in [2.45, 2.75) is 122 Å². The Bertz CT molecular complexity index is 780. The van der Waals surface area contributed by atoms with Crippen LogP contribution in [0.1, 0.15) is 97.8 Å². The molecule has 0 radical (unpaired) electrons. The minimum atomic E-state index is -0.857. The van der Waals surface area contributed by atoms with Crippen molar-refractivity contribution in [1.82, 2.24) is 16.0 Å². The molecule has 0 heterocycles. The molecule has 9 heteroatoms. The fourth-order valence-corrected chi connectivity index (χ4v) is 5.87. The van der Waals surface area contributed by atoms with Gasteiger partial charge >= 0.3 is 12.1 Å². The maximum atomic E-state index is 13.3. The van der Waals surface area contributed by atoms with Gasteiger partial charge in [-0.2, -0.15) is 0 Å². The quantitative estimate of drug-likeness (QED) is 0.447. The molecule has 0 aliphatic heterocycles. The Balaban J connectivity index is 1.61. The fourth-order valence-electron chi connectivity index (χ4n) is 5.87. The Kier molecular flexibility index (Phi) is 9.41. The van der Waals surface area contributed by atoms with Crippen molar-refractivity contribution in [1.29, 1.82) is 0 Å². The molecule has 0 saturated heterocycles. The zero-order chi connectivity index (χ0) is 25.6. The lowest BCUT2D eigenvalue weighted by Crippen LogP contribution is -2.55. The van der Waals surface area contributed by atoms with Crippen LogP contribution in [0.3, 0.4) is 0 Å². The smallest absolute Gasteiger partial charge is 0.407 e. The van der Waals surface area contributed by atoms with E-state index in [-0.39, 0.29) is 41.8 Å². The predicted molar refractivity (Wildman–Crippen MR) is 131 cm³/mol. The van der Waals surface area contributed by atoms with Crippen LogP contribution < -0.4 is 16.0 Å². The number of aliphatic carboxylic acids is 1. The molecule has 3 fully saturated rings. The van der Waals surface area contributed by atoms with E-state index in [9.17, 15) is 24.3 Å². The van der Waals surface area contributed by atoms with E-state index in [1.807, 2.05) is 0 Å². The Morgan fingerprint density at radius 3 is 1.43 bits per heavy atom. The van der Waals surface area contributed by atoms with E-state index in [1.54, 1.807) is 20.8 Å². The topological polar surface area (TPSA) is 134 Å². The van der Waals surface area contributed by atoms with Gasteiger partial charge in [0.1, 0.15) is 5.60 Å². The van der Waals surface area contributed by atoms with Crippen LogP contribution >= 0.6 is 0 Å². The molecule has 0 bridgehead atoms. The summed E-state index contributed by atoms with van der Waals surface area (Å²) in [6.07, 6.45) is 8.98. The summed E-state index contributed by atoms with van der Waals surface area (Å²) in [6, 6.07) is -0.937. The van der Waals surface area contributed by atoms with Crippen LogP contribution in [0.5, 0.6) is 0 Å². The number of hydrogen-bond donors (Lipinski definition) is 4. The number of carbonyl (C=O) groups excluding carboxylic acids is 3. The summed E-state index contributed by atoms with van der Waals surface area (Å²) in [5.74, 6) is -2.42. The van der Waals surface area contributed by atoms with E-state index in [4.69, 9.17) is 4.74 Å². The second kappa shape index (κ2) is 12.1. The summed E-state index contributed by atoms with van der Waals surface area (Å²) < 4.78 is 5.39. The normalized spacial score (nSPS) is 31.6. The number of rotatable bonds is 6. The molecule has 6 atom stereocenters. The zero-order valence-corrected chi connectivity index (χ0v) is 21.4. The van der Waals surface area contributed by atoms with Crippen molar-refractivity contribution in [3.63, 3.8) is 0 Å². The van der Waals surface area contributed by atoms with E-state index in [1.165, 1.54) is 0 Å². The summed E-state index contributed by atoms with van der Waals surface area (Å²) in [7, 11) is 0. The highest BCUT2D eigenvalue weighted by atomic mass is 16.6. The Labute approximate surface area is 208 Å². The summed E-state index contributed by atoms with van der Waals surface area (Å²) in [6.45, 7) is 5.41. The molecule has 35 heavy (non-hydrogen) atoms. The Hall–Kier alpha value is -2.32. The van der Waals surface area contributed by atoms with Gasteiger partial charge in [-0.05, 0) is 59.3 Å². The lowest BCUT2D eigenvalue weighted by molar-refractivity contribution is -0.144. The summed E-state index contributed by atoms with van der Waals surface area (Å²) in [4.78, 5) is 50.5. The second-order valence-electron chi connectivity index (χ2n) is 11.5. The van der Waals surface area contributed by atoms with Crippen molar-refractivity contribution >= 4 is 23.9 Å². The van der Waals surface area contributed by atoms with Crippen LogP contribution in [0, 0.1) is 17.8 Å². The lowest BCUT2D eigenvalue weighted by atomic mass is 9.80. The van der Waals surface area contributed by atoms with Crippen LogP contribution in [-0.2, 0) is 19.1 Å². The molecule has 9 nitrogen and oxygen atoms in total. The van der Waals surface area contributed by atoms with E-state index in [0.29, 0.717) is 38.5 Å². The first-order chi connectivity index (χ1) is 16.5. The third-order valence-electron chi connectivity index (χ3n) is 7.65. The lowest BCUT2D eigenvalue weighted by Gasteiger charge is -2.37. The van der Waals surface area contributed by atoms with Crippen LogP contribution in [0.15, 0.2) is 0 Å². The fraction of sp³-hybridized carbons (Fsp3) is 0.846. The largest absolute Gasteiger partial charge is 0.481 e. The monoisotopic (exact) mass is 493 g/mol. The molecular formula is C26H43N3O6. The standard InChI is InChI=1S/C26H43N3O6/c1-26(2,3)35-25(34)29-20-14-8-5-11-17(20)23(31)27-19-13-7-4-10-16(19)22(30)28-21-15-9-6-12-18(21)24(32)33/h16-21H,4-15H2,1-3H3,(H,27,31)(H,28,30)(H,29,34)(H,32,33)/t16-,17-,18-,19-,20-,21-/m1/s1. The van der Waals surface area contributed by atoms with E-state index < -0.39 is 23.6 Å². The van der Waals surface area contributed by atoms with Crippen LogP contribution in [-0.4, -0.2) is 52.7 Å². The first-order valence-electron chi connectivity index (χ1n) is 13.4. The van der Waals surface area contributed by atoms with Crippen molar-refractivity contribution in [2.75, 3.05) is 0 Å². The first kappa shape index (κ1) is 27.3. The maximum absolute atomic E-state index is 13.3. The molecule has 3 rings (SSSR count). The SMILES string of the molecule is CC(C)(C)OC(=O)N[C@@H]1CCCC[C@H]1C(=O)N[C@@H]1CCCC[C@H]1C(=O)N[C@@H]1CCCC[C@H]1C(=O)O. The van der Waals surface area contributed by atoms with Crippen LogP contribution in [0.2, 0.25) is 0 Å². The predicted octanol–water partition coefficient (Wildman–Crippen LogP) is 3.50. The Morgan fingerprint density at radius 2 is 1.00 bits per heavy atom. The van der Waals surface area contributed by atoms with Gasteiger partial charge in [-0.3, -0.25) is 14.4 Å². The van der Waals surface area contributed by atoms with Crippen molar-refractivity contribution in [3.8, 4) is 0 Å². The van der Waals surface area contributed by atoms with E-state index in [0.717, 1.165) is 38.5 Å². The molecule has 0 unspecified atom stereocenters. The number of ether oxygens (including phenoxy) is 1. The number of amides is 3. The molecule has 0 aromatic rings.